The van der Waals surface area contributed by atoms with Crippen LogP contribution in [0.4, 0.5) is 0 Å². The first-order valence-electron chi connectivity index (χ1n) is 9.25. The highest BCUT2D eigenvalue weighted by atomic mass is 32.1. The van der Waals surface area contributed by atoms with Gasteiger partial charge >= 0.3 is 0 Å². The average molecular weight is 403 g/mol. The van der Waals surface area contributed by atoms with E-state index >= 15 is 0 Å². The lowest BCUT2D eigenvalue weighted by molar-refractivity contribution is 0.0566. The lowest BCUT2D eigenvalue weighted by Crippen LogP contribution is -2.48. The van der Waals surface area contributed by atoms with Gasteiger partial charge in [0, 0.05) is 24.0 Å². The molecular weight excluding hydrogens is 386 g/mol. The van der Waals surface area contributed by atoms with Gasteiger partial charge in [-0.2, -0.15) is 16.3 Å². The summed E-state index contributed by atoms with van der Waals surface area (Å²) in [5, 5.41) is 8.01. The highest BCUT2D eigenvalue weighted by molar-refractivity contribution is 7.08. The van der Waals surface area contributed by atoms with Gasteiger partial charge in [0.25, 0.3) is 5.91 Å². The Morgan fingerprint density at radius 1 is 1.07 bits per heavy atom. The van der Waals surface area contributed by atoms with Gasteiger partial charge in [-0.05, 0) is 35.7 Å². The fourth-order valence-electron chi connectivity index (χ4n) is 3.23. The van der Waals surface area contributed by atoms with E-state index in [2.05, 4.69) is 10.1 Å². The van der Waals surface area contributed by atoms with Gasteiger partial charge in [-0.3, -0.25) is 4.79 Å². The number of nitrogens with zero attached hydrogens (tertiary/aromatic N) is 3. The summed E-state index contributed by atoms with van der Waals surface area (Å²) in [6.07, 6.45) is 0. The van der Waals surface area contributed by atoms with Crippen molar-refractivity contribution in [1.29, 1.82) is 0 Å². The first-order valence-corrected chi connectivity index (χ1v) is 10.2. The number of hydrogen-bond donors (Lipinski definition) is 0. The Labute approximate surface area is 171 Å². The Balaban J connectivity index is 1.27. The minimum absolute atomic E-state index is 0.0565. The molecule has 4 aromatic rings. The Hall–Kier alpha value is -3.45. The highest BCUT2D eigenvalue weighted by Crippen LogP contribution is 2.32. The molecule has 5 rings (SSSR count). The van der Waals surface area contributed by atoms with Gasteiger partial charge in [-0.15, -0.1) is 0 Å². The smallest absolute Gasteiger partial charge is 0.257 e. The van der Waals surface area contributed by atoms with Gasteiger partial charge in [-0.1, -0.05) is 35.5 Å². The van der Waals surface area contributed by atoms with E-state index in [1.165, 1.54) is 0 Å². The molecule has 6 nitrogen and oxygen atoms in total. The van der Waals surface area contributed by atoms with E-state index in [-0.39, 0.29) is 11.8 Å². The van der Waals surface area contributed by atoms with Gasteiger partial charge in [-0.25, -0.2) is 0 Å². The van der Waals surface area contributed by atoms with E-state index in [0.717, 1.165) is 5.56 Å². The van der Waals surface area contributed by atoms with Gasteiger partial charge in [0.05, 0.1) is 11.5 Å². The molecule has 1 aliphatic rings. The van der Waals surface area contributed by atoms with E-state index in [9.17, 15) is 4.79 Å². The fraction of sp³-hybridized carbons (Fsp3) is 0.136. The minimum Gasteiger partial charge on any atom is -0.457 e. The minimum atomic E-state index is -0.0645. The second-order valence-corrected chi connectivity index (χ2v) is 7.57. The zero-order valence-corrected chi connectivity index (χ0v) is 16.2. The third-order valence-electron chi connectivity index (χ3n) is 4.83. The molecule has 144 valence electrons. The van der Waals surface area contributed by atoms with Crippen LogP contribution in [0, 0.1) is 0 Å². The molecular formula is C22H17N3O3S. The molecule has 2 aromatic carbocycles. The SMILES string of the molecule is O=C(c1ccccc1Oc1ccccc1)N1CC(c2nc(-c3ccsc3)no2)C1. The van der Waals surface area contributed by atoms with E-state index in [1.807, 2.05) is 65.4 Å². The molecule has 0 spiro atoms. The van der Waals surface area contributed by atoms with Crippen molar-refractivity contribution in [2.45, 2.75) is 5.92 Å². The Morgan fingerprint density at radius 3 is 2.66 bits per heavy atom. The second-order valence-electron chi connectivity index (χ2n) is 6.79. The zero-order chi connectivity index (χ0) is 19.6. The summed E-state index contributed by atoms with van der Waals surface area (Å²) in [6, 6.07) is 18.7. The third kappa shape index (κ3) is 3.52. The van der Waals surface area contributed by atoms with Gasteiger partial charge in [0.15, 0.2) is 0 Å². The number of benzene rings is 2. The van der Waals surface area contributed by atoms with Crippen molar-refractivity contribution in [1.82, 2.24) is 15.0 Å². The number of ether oxygens (including phenoxy) is 1. The van der Waals surface area contributed by atoms with Crippen molar-refractivity contribution in [3.8, 4) is 22.9 Å². The maximum absolute atomic E-state index is 13.0. The molecule has 0 aliphatic carbocycles. The number of aromatic nitrogens is 2. The monoisotopic (exact) mass is 403 g/mol. The Morgan fingerprint density at radius 2 is 1.86 bits per heavy atom. The number of likely N-dealkylation sites (tertiary alicyclic amines) is 1. The standard InChI is InChI=1S/C22H17N3O3S/c26-22(18-8-4-5-9-19(18)27-17-6-2-1-3-7-17)25-12-16(13-25)21-23-20(24-28-21)15-10-11-29-14-15/h1-11,14,16H,12-13H2. The summed E-state index contributed by atoms with van der Waals surface area (Å²) in [4.78, 5) is 19.2. The summed E-state index contributed by atoms with van der Waals surface area (Å²) in [7, 11) is 0. The summed E-state index contributed by atoms with van der Waals surface area (Å²) >= 11 is 1.59. The largest absolute Gasteiger partial charge is 0.457 e. The molecule has 1 fully saturated rings. The molecule has 1 aliphatic heterocycles. The predicted molar refractivity (Wildman–Crippen MR) is 109 cm³/mol. The first kappa shape index (κ1) is 17.6. The molecule has 7 heteroatoms. The molecule has 0 N–H and O–H groups in total. The lowest BCUT2D eigenvalue weighted by Gasteiger charge is -2.37. The molecule has 1 saturated heterocycles. The van der Waals surface area contributed by atoms with Gasteiger partial charge in [0.2, 0.25) is 11.7 Å². The van der Waals surface area contributed by atoms with Crippen molar-refractivity contribution < 1.29 is 14.1 Å². The van der Waals surface area contributed by atoms with E-state index in [1.54, 1.807) is 22.3 Å². The number of carbonyl (C=O) groups is 1. The molecule has 29 heavy (non-hydrogen) atoms. The Bertz CT molecular complexity index is 1120. The molecule has 0 saturated carbocycles. The molecule has 0 bridgehead atoms. The van der Waals surface area contributed by atoms with Crippen LogP contribution in [-0.2, 0) is 0 Å². The quantitative estimate of drug-likeness (QED) is 0.477. The summed E-state index contributed by atoms with van der Waals surface area (Å²) in [5.74, 6) is 2.40. The molecule has 1 amide bonds. The number of thiophene rings is 1. The Kier molecular flexibility index (Phi) is 4.57. The van der Waals surface area contributed by atoms with Crippen LogP contribution in [0.25, 0.3) is 11.4 Å². The van der Waals surface area contributed by atoms with Crippen LogP contribution < -0.4 is 4.74 Å². The van der Waals surface area contributed by atoms with Crippen molar-refractivity contribution in [2.75, 3.05) is 13.1 Å². The highest BCUT2D eigenvalue weighted by Gasteiger charge is 2.37. The molecule has 3 heterocycles. The number of rotatable bonds is 5. The van der Waals surface area contributed by atoms with Crippen LogP contribution in [-0.4, -0.2) is 34.0 Å². The fourth-order valence-corrected chi connectivity index (χ4v) is 3.86. The molecule has 2 aromatic heterocycles. The molecule has 0 atom stereocenters. The molecule has 0 radical (unpaired) electrons. The van der Waals surface area contributed by atoms with E-state index in [4.69, 9.17) is 9.26 Å². The van der Waals surface area contributed by atoms with Crippen molar-refractivity contribution in [3.05, 3.63) is 82.9 Å². The number of para-hydroxylation sites is 2. The van der Waals surface area contributed by atoms with Crippen LogP contribution in [0.5, 0.6) is 11.5 Å². The average Bonchev–Trinajstić information content (AvgIpc) is 3.40. The zero-order valence-electron chi connectivity index (χ0n) is 15.4. The number of carbonyl (C=O) groups excluding carboxylic acids is 1. The number of hydrogen-bond acceptors (Lipinski definition) is 6. The van der Waals surface area contributed by atoms with E-state index in [0.29, 0.717) is 41.9 Å². The lowest BCUT2D eigenvalue weighted by atomic mass is 9.98. The van der Waals surface area contributed by atoms with Crippen molar-refractivity contribution in [2.24, 2.45) is 0 Å². The van der Waals surface area contributed by atoms with Gasteiger partial charge < -0.3 is 14.2 Å². The second kappa shape index (κ2) is 7.52. The van der Waals surface area contributed by atoms with Crippen LogP contribution in [0.2, 0.25) is 0 Å². The normalized spacial score (nSPS) is 13.9. The van der Waals surface area contributed by atoms with Crippen molar-refractivity contribution >= 4 is 17.2 Å². The summed E-state index contributed by atoms with van der Waals surface area (Å²) < 4.78 is 11.3. The maximum atomic E-state index is 13.0. The van der Waals surface area contributed by atoms with Crippen LogP contribution in [0.15, 0.2) is 75.9 Å². The first-order chi connectivity index (χ1) is 14.3. The van der Waals surface area contributed by atoms with Crippen LogP contribution >= 0.6 is 11.3 Å². The van der Waals surface area contributed by atoms with Crippen LogP contribution in [0.1, 0.15) is 22.2 Å². The summed E-state index contributed by atoms with van der Waals surface area (Å²) in [5.41, 5.74) is 1.49. The third-order valence-corrected chi connectivity index (χ3v) is 5.51. The van der Waals surface area contributed by atoms with E-state index < -0.39 is 0 Å². The maximum Gasteiger partial charge on any atom is 0.257 e. The number of amides is 1. The molecule has 0 unspecified atom stereocenters. The summed E-state index contributed by atoms with van der Waals surface area (Å²) in [6.45, 7) is 1.09. The van der Waals surface area contributed by atoms with Crippen LogP contribution in [0.3, 0.4) is 0 Å². The van der Waals surface area contributed by atoms with Gasteiger partial charge in [0.1, 0.15) is 11.5 Å². The van der Waals surface area contributed by atoms with Crippen molar-refractivity contribution in [3.63, 3.8) is 0 Å². The topological polar surface area (TPSA) is 68.5 Å². The predicted octanol–water partition coefficient (Wildman–Crippen LogP) is 4.83.